The number of benzene rings is 1. The normalized spacial score (nSPS) is 12.7. The Hall–Kier alpha value is -1.46. The summed E-state index contributed by atoms with van der Waals surface area (Å²) >= 11 is 5.67. The molecule has 0 aliphatic heterocycles. The predicted molar refractivity (Wildman–Crippen MR) is 61.9 cm³/mol. The van der Waals surface area contributed by atoms with Crippen LogP contribution in [-0.4, -0.2) is 10.1 Å². The average Bonchev–Trinajstić information content (AvgIpc) is 2.81. The highest BCUT2D eigenvalue weighted by molar-refractivity contribution is 6.31. The third kappa shape index (κ3) is 2.30. The Balaban J connectivity index is 2.40. The van der Waals surface area contributed by atoms with Gasteiger partial charge in [-0.05, 0) is 18.6 Å². The molecule has 17 heavy (non-hydrogen) atoms. The molecule has 6 heteroatoms. The molecule has 0 bridgehead atoms. The van der Waals surface area contributed by atoms with Gasteiger partial charge in [0, 0.05) is 0 Å². The fourth-order valence-electron chi connectivity index (χ4n) is 1.35. The van der Waals surface area contributed by atoms with E-state index in [0.29, 0.717) is 12.2 Å². The van der Waals surface area contributed by atoms with Crippen LogP contribution >= 0.6 is 11.6 Å². The molecule has 0 amide bonds. The second-order valence-electron chi connectivity index (χ2n) is 3.57. The van der Waals surface area contributed by atoms with Gasteiger partial charge < -0.3 is 10.3 Å². The molecular weight excluding hydrogens is 245 g/mol. The van der Waals surface area contributed by atoms with Gasteiger partial charge in [0.15, 0.2) is 11.6 Å². The number of hydrogen-bond donors (Lipinski definition) is 1. The Kier molecular flexibility index (Phi) is 3.40. The van der Waals surface area contributed by atoms with Crippen molar-refractivity contribution in [3.63, 3.8) is 0 Å². The molecule has 1 unspecified atom stereocenters. The van der Waals surface area contributed by atoms with Gasteiger partial charge >= 0.3 is 0 Å². The molecule has 1 aromatic heterocycles. The Bertz CT molecular complexity index is 529. The van der Waals surface area contributed by atoms with Crippen molar-refractivity contribution < 1.29 is 8.91 Å². The molecule has 0 saturated carbocycles. The molecule has 90 valence electrons. The molecule has 2 aromatic rings. The molecule has 0 aliphatic rings. The van der Waals surface area contributed by atoms with E-state index < -0.39 is 5.82 Å². The fraction of sp³-hybridized carbons (Fsp3) is 0.273. The minimum atomic E-state index is -0.575. The zero-order valence-corrected chi connectivity index (χ0v) is 9.91. The summed E-state index contributed by atoms with van der Waals surface area (Å²) in [4.78, 5) is 4.05. The van der Waals surface area contributed by atoms with Crippen molar-refractivity contribution in [1.29, 1.82) is 0 Å². The SMILES string of the molecule is CCC(N)c1noc(-c2cccc(Cl)c2F)n1. The highest BCUT2D eigenvalue weighted by Gasteiger charge is 2.17. The van der Waals surface area contributed by atoms with Gasteiger partial charge in [-0.25, -0.2) is 4.39 Å². The summed E-state index contributed by atoms with van der Waals surface area (Å²) in [6.07, 6.45) is 0.678. The molecule has 0 fully saturated rings. The van der Waals surface area contributed by atoms with E-state index >= 15 is 0 Å². The summed E-state index contributed by atoms with van der Waals surface area (Å²) in [5, 5.41) is 3.73. The standard InChI is InChI=1S/C11H11ClFN3O/c1-2-8(14)10-15-11(17-16-10)6-4-3-5-7(12)9(6)13/h3-5,8H,2,14H2,1H3. The minimum Gasteiger partial charge on any atom is -0.334 e. The highest BCUT2D eigenvalue weighted by atomic mass is 35.5. The topological polar surface area (TPSA) is 64.9 Å². The maximum Gasteiger partial charge on any atom is 0.261 e. The zero-order chi connectivity index (χ0) is 12.4. The predicted octanol–water partition coefficient (Wildman–Crippen LogP) is 2.94. The summed E-state index contributed by atoms with van der Waals surface area (Å²) in [7, 11) is 0. The largest absolute Gasteiger partial charge is 0.334 e. The first-order valence-corrected chi connectivity index (χ1v) is 5.54. The first-order chi connectivity index (χ1) is 8.13. The van der Waals surface area contributed by atoms with Gasteiger partial charge in [0.05, 0.1) is 16.6 Å². The number of halogens is 2. The first kappa shape index (κ1) is 12.0. The summed E-state index contributed by atoms with van der Waals surface area (Å²) in [6.45, 7) is 1.90. The van der Waals surface area contributed by atoms with Crippen molar-refractivity contribution in [3.8, 4) is 11.5 Å². The fourth-order valence-corrected chi connectivity index (χ4v) is 1.52. The quantitative estimate of drug-likeness (QED) is 0.916. The molecule has 4 nitrogen and oxygen atoms in total. The van der Waals surface area contributed by atoms with Gasteiger partial charge in [0.2, 0.25) is 0 Å². The Morgan fingerprint density at radius 2 is 2.29 bits per heavy atom. The highest BCUT2D eigenvalue weighted by Crippen LogP contribution is 2.26. The van der Waals surface area contributed by atoms with Crippen molar-refractivity contribution in [3.05, 3.63) is 34.9 Å². The summed E-state index contributed by atoms with van der Waals surface area (Å²) in [5.74, 6) is -0.125. The lowest BCUT2D eigenvalue weighted by Gasteiger charge is -2.00. The van der Waals surface area contributed by atoms with Crippen molar-refractivity contribution >= 4 is 11.6 Å². The van der Waals surface area contributed by atoms with Gasteiger partial charge in [-0.3, -0.25) is 0 Å². The molecular formula is C11H11ClFN3O. The van der Waals surface area contributed by atoms with E-state index in [2.05, 4.69) is 10.1 Å². The molecule has 0 aliphatic carbocycles. The number of nitrogens with two attached hydrogens (primary N) is 1. The van der Waals surface area contributed by atoms with Crippen molar-refractivity contribution in [2.75, 3.05) is 0 Å². The van der Waals surface area contributed by atoms with Gasteiger partial charge in [-0.15, -0.1) is 0 Å². The zero-order valence-electron chi connectivity index (χ0n) is 9.15. The summed E-state index contributed by atoms with van der Waals surface area (Å²) in [5.41, 5.74) is 5.93. The van der Waals surface area contributed by atoms with Crippen LogP contribution in [0.5, 0.6) is 0 Å². The van der Waals surface area contributed by atoms with Crippen LogP contribution in [0.3, 0.4) is 0 Å². The Morgan fingerprint density at radius 1 is 1.53 bits per heavy atom. The first-order valence-electron chi connectivity index (χ1n) is 5.17. The van der Waals surface area contributed by atoms with Crippen LogP contribution < -0.4 is 5.73 Å². The monoisotopic (exact) mass is 255 g/mol. The second-order valence-corrected chi connectivity index (χ2v) is 3.98. The molecule has 0 saturated heterocycles. The number of nitrogens with zero attached hydrogens (tertiary/aromatic N) is 2. The minimum absolute atomic E-state index is 0.0158. The van der Waals surface area contributed by atoms with E-state index in [0.717, 1.165) is 0 Å². The van der Waals surface area contributed by atoms with Crippen molar-refractivity contribution in [2.24, 2.45) is 5.73 Å². The van der Waals surface area contributed by atoms with E-state index in [1.807, 2.05) is 6.92 Å². The van der Waals surface area contributed by atoms with E-state index in [-0.39, 0.29) is 22.5 Å². The molecule has 1 aromatic carbocycles. The van der Waals surface area contributed by atoms with Crippen molar-refractivity contribution in [1.82, 2.24) is 10.1 Å². The molecule has 2 rings (SSSR count). The van der Waals surface area contributed by atoms with Crippen molar-refractivity contribution in [2.45, 2.75) is 19.4 Å². The van der Waals surface area contributed by atoms with E-state index in [9.17, 15) is 4.39 Å². The molecule has 0 radical (unpaired) electrons. The van der Waals surface area contributed by atoms with Gasteiger partial charge in [0.1, 0.15) is 0 Å². The van der Waals surface area contributed by atoms with Crippen LogP contribution in [0.15, 0.2) is 22.7 Å². The van der Waals surface area contributed by atoms with Gasteiger partial charge in [-0.1, -0.05) is 29.7 Å². The lowest BCUT2D eigenvalue weighted by atomic mass is 10.2. The number of aromatic nitrogens is 2. The molecule has 1 heterocycles. The summed E-state index contributed by atoms with van der Waals surface area (Å²) in [6, 6.07) is 4.28. The Morgan fingerprint density at radius 3 is 3.00 bits per heavy atom. The third-order valence-corrected chi connectivity index (χ3v) is 2.69. The van der Waals surface area contributed by atoms with E-state index in [1.54, 1.807) is 6.07 Å². The smallest absolute Gasteiger partial charge is 0.261 e. The van der Waals surface area contributed by atoms with Gasteiger partial charge in [-0.2, -0.15) is 4.98 Å². The maximum absolute atomic E-state index is 13.7. The lowest BCUT2D eigenvalue weighted by molar-refractivity contribution is 0.413. The second kappa shape index (κ2) is 4.81. The van der Waals surface area contributed by atoms with Crippen LogP contribution in [0.4, 0.5) is 4.39 Å². The summed E-state index contributed by atoms with van der Waals surface area (Å²) < 4.78 is 18.7. The van der Waals surface area contributed by atoms with Gasteiger partial charge in [0.25, 0.3) is 5.89 Å². The number of hydrogen-bond acceptors (Lipinski definition) is 4. The lowest BCUT2D eigenvalue weighted by Crippen LogP contribution is -2.10. The van der Waals surface area contributed by atoms with Crippen LogP contribution in [-0.2, 0) is 0 Å². The van der Waals surface area contributed by atoms with Crippen LogP contribution in [0.25, 0.3) is 11.5 Å². The molecule has 1 atom stereocenters. The number of rotatable bonds is 3. The van der Waals surface area contributed by atoms with E-state index in [4.69, 9.17) is 21.9 Å². The van der Waals surface area contributed by atoms with Crippen LogP contribution in [0.2, 0.25) is 5.02 Å². The van der Waals surface area contributed by atoms with Crippen LogP contribution in [0.1, 0.15) is 25.2 Å². The van der Waals surface area contributed by atoms with E-state index in [1.165, 1.54) is 12.1 Å². The Labute approximate surface area is 103 Å². The molecule has 0 spiro atoms. The average molecular weight is 256 g/mol. The third-order valence-electron chi connectivity index (χ3n) is 2.40. The molecule has 2 N–H and O–H groups in total. The van der Waals surface area contributed by atoms with Crippen LogP contribution in [0, 0.1) is 5.82 Å². The maximum atomic E-state index is 13.7.